The van der Waals surface area contributed by atoms with Crippen molar-refractivity contribution in [2.45, 2.75) is 67.0 Å². The fourth-order valence-electron chi connectivity index (χ4n) is 2.76. The number of aliphatic hydroxyl groups excluding tert-OH is 1. The standard InChI is InChI=1S/C17H31N3O2/c1-7-15-14(9-19-20(15)10-12(2)3)16(22)18-11-17(5,6)8-13(4)21/h9,12-13,21H,7-8,10-11H2,1-6H3,(H,18,22). The Hall–Kier alpha value is -1.36. The molecule has 5 nitrogen and oxygen atoms in total. The van der Waals surface area contributed by atoms with E-state index in [2.05, 4.69) is 24.3 Å². The molecule has 0 aliphatic carbocycles. The minimum atomic E-state index is -0.369. The molecule has 1 unspecified atom stereocenters. The number of rotatable bonds is 8. The lowest BCUT2D eigenvalue weighted by Gasteiger charge is -2.26. The minimum Gasteiger partial charge on any atom is -0.393 e. The second-order valence-electron chi connectivity index (χ2n) is 7.33. The quantitative estimate of drug-likeness (QED) is 0.775. The number of nitrogens with one attached hydrogen (secondary N) is 1. The zero-order valence-corrected chi connectivity index (χ0v) is 14.8. The van der Waals surface area contributed by atoms with E-state index < -0.39 is 0 Å². The Kier molecular flexibility index (Phi) is 6.60. The summed E-state index contributed by atoms with van der Waals surface area (Å²) in [5.74, 6) is 0.414. The van der Waals surface area contributed by atoms with Crippen LogP contribution < -0.4 is 5.32 Å². The molecule has 0 saturated heterocycles. The lowest BCUT2D eigenvalue weighted by Crippen LogP contribution is -2.36. The van der Waals surface area contributed by atoms with Gasteiger partial charge in [-0.3, -0.25) is 9.48 Å². The molecule has 0 aromatic carbocycles. The summed E-state index contributed by atoms with van der Waals surface area (Å²) in [6, 6.07) is 0. The number of aromatic nitrogens is 2. The van der Waals surface area contributed by atoms with Crippen LogP contribution in [0.3, 0.4) is 0 Å². The summed E-state index contributed by atoms with van der Waals surface area (Å²) in [6.45, 7) is 13.5. The SMILES string of the molecule is CCc1c(C(=O)NCC(C)(C)CC(C)O)cnn1CC(C)C. The van der Waals surface area contributed by atoms with Crippen LogP contribution in [0.4, 0.5) is 0 Å². The molecule has 126 valence electrons. The molecule has 0 aliphatic rings. The third kappa shape index (κ3) is 5.44. The number of carbonyl (C=O) groups excluding carboxylic acids is 1. The monoisotopic (exact) mass is 309 g/mol. The van der Waals surface area contributed by atoms with Crippen LogP contribution >= 0.6 is 0 Å². The van der Waals surface area contributed by atoms with Gasteiger partial charge in [0.25, 0.3) is 5.91 Å². The number of hydrogen-bond acceptors (Lipinski definition) is 3. The van der Waals surface area contributed by atoms with Crippen molar-refractivity contribution in [1.82, 2.24) is 15.1 Å². The average molecular weight is 309 g/mol. The van der Waals surface area contributed by atoms with E-state index in [0.29, 0.717) is 24.4 Å². The van der Waals surface area contributed by atoms with Gasteiger partial charge in [0.05, 0.1) is 23.6 Å². The van der Waals surface area contributed by atoms with Crippen molar-refractivity contribution in [3.63, 3.8) is 0 Å². The van der Waals surface area contributed by atoms with Crippen molar-refractivity contribution in [3.05, 3.63) is 17.5 Å². The van der Waals surface area contributed by atoms with Crippen molar-refractivity contribution in [3.8, 4) is 0 Å². The van der Waals surface area contributed by atoms with E-state index in [1.807, 2.05) is 25.5 Å². The summed E-state index contributed by atoms with van der Waals surface area (Å²) in [7, 11) is 0. The maximum absolute atomic E-state index is 12.4. The third-order valence-electron chi connectivity index (χ3n) is 3.64. The van der Waals surface area contributed by atoms with Gasteiger partial charge in [0, 0.05) is 13.1 Å². The Morgan fingerprint density at radius 3 is 2.55 bits per heavy atom. The van der Waals surface area contributed by atoms with Crippen LogP contribution in [-0.2, 0) is 13.0 Å². The Balaban J connectivity index is 2.75. The number of carbonyl (C=O) groups is 1. The zero-order chi connectivity index (χ0) is 16.9. The lowest BCUT2D eigenvalue weighted by atomic mass is 9.87. The molecular formula is C17H31N3O2. The molecule has 0 aliphatic heterocycles. The fraction of sp³-hybridized carbons (Fsp3) is 0.765. The third-order valence-corrected chi connectivity index (χ3v) is 3.64. The van der Waals surface area contributed by atoms with Crippen LogP contribution in [-0.4, -0.2) is 33.4 Å². The van der Waals surface area contributed by atoms with Gasteiger partial charge in [-0.25, -0.2) is 0 Å². The normalized spacial score (nSPS) is 13.5. The summed E-state index contributed by atoms with van der Waals surface area (Å²) in [4.78, 5) is 12.4. The molecule has 1 amide bonds. The molecule has 0 saturated carbocycles. The molecular weight excluding hydrogens is 278 g/mol. The molecule has 0 fully saturated rings. The zero-order valence-electron chi connectivity index (χ0n) is 14.8. The first kappa shape index (κ1) is 18.7. The van der Waals surface area contributed by atoms with E-state index in [1.165, 1.54) is 0 Å². The molecule has 1 heterocycles. The number of amides is 1. The van der Waals surface area contributed by atoms with E-state index in [4.69, 9.17) is 0 Å². The Morgan fingerprint density at radius 1 is 1.41 bits per heavy atom. The van der Waals surface area contributed by atoms with Crippen molar-refractivity contribution < 1.29 is 9.90 Å². The van der Waals surface area contributed by atoms with Crippen LogP contribution in [0, 0.1) is 11.3 Å². The summed E-state index contributed by atoms with van der Waals surface area (Å²) < 4.78 is 1.93. The summed E-state index contributed by atoms with van der Waals surface area (Å²) in [5.41, 5.74) is 1.51. The van der Waals surface area contributed by atoms with Gasteiger partial charge in [0.2, 0.25) is 0 Å². The molecule has 0 spiro atoms. The highest BCUT2D eigenvalue weighted by Gasteiger charge is 2.23. The van der Waals surface area contributed by atoms with Crippen LogP contribution in [0.5, 0.6) is 0 Å². The first-order valence-corrected chi connectivity index (χ1v) is 8.17. The van der Waals surface area contributed by atoms with E-state index in [9.17, 15) is 9.90 Å². The van der Waals surface area contributed by atoms with E-state index in [1.54, 1.807) is 13.1 Å². The molecule has 1 rings (SSSR count). The van der Waals surface area contributed by atoms with Gasteiger partial charge >= 0.3 is 0 Å². The molecule has 1 atom stereocenters. The maximum atomic E-state index is 12.4. The predicted molar refractivity (Wildman–Crippen MR) is 88.9 cm³/mol. The largest absolute Gasteiger partial charge is 0.393 e. The molecule has 0 bridgehead atoms. The smallest absolute Gasteiger partial charge is 0.254 e. The summed E-state index contributed by atoms with van der Waals surface area (Å²) in [6.07, 6.45) is 2.73. The van der Waals surface area contributed by atoms with Crippen LogP contribution in [0.2, 0.25) is 0 Å². The molecule has 5 heteroatoms. The highest BCUT2D eigenvalue weighted by atomic mass is 16.3. The lowest BCUT2D eigenvalue weighted by molar-refractivity contribution is 0.0901. The van der Waals surface area contributed by atoms with Crippen molar-refractivity contribution in [2.24, 2.45) is 11.3 Å². The van der Waals surface area contributed by atoms with Crippen LogP contribution in [0.25, 0.3) is 0 Å². The van der Waals surface area contributed by atoms with Crippen molar-refractivity contribution in [1.29, 1.82) is 0 Å². The Bertz CT molecular complexity index is 490. The molecule has 1 aromatic rings. The number of aliphatic hydroxyl groups is 1. The molecule has 1 aromatic heterocycles. The van der Waals surface area contributed by atoms with E-state index in [0.717, 1.165) is 18.7 Å². The highest BCUT2D eigenvalue weighted by Crippen LogP contribution is 2.21. The maximum Gasteiger partial charge on any atom is 0.254 e. The molecule has 22 heavy (non-hydrogen) atoms. The molecule has 2 N–H and O–H groups in total. The Labute approximate surface area is 134 Å². The van der Waals surface area contributed by atoms with Crippen LogP contribution in [0.1, 0.15) is 64.0 Å². The van der Waals surface area contributed by atoms with Gasteiger partial charge in [-0.2, -0.15) is 5.10 Å². The molecule has 0 radical (unpaired) electrons. The van der Waals surface area contributed by atoms with Crippen LogP contribution in [0.15, 0.2) is 6.20 Å². The van der Waals surface area contributed by atoms with Gasteiger partial charge in [0.15, 0.2) is 0 Å². The highest BCUT2D eigenvalue weighted by molar-refractivity contribution is 5.95. The summed E-state index contributed by atoms with van der Waals surface area (Å²) in [5, 5.41) is 16.9. The number of nitrogens with zero attached hydrogens (tertiary/aromatic N) is 2. The van der Waals surface area contributed by atoms with Crippen molar-refractivity contribution in [2.75, 3.05) is 6.54 Å². The first-order valence-electron chi connectivity index (χ1n) is 8.17. The van der Waals surface area contributed by atoms with Crippen molar-refractivity contribution >= 4 is 5.91 Å². The van der Waals surface area contributed by atoms with Gasteiger partial charge < -0.3 is 10.4 Å². The average Bonchev–Trinajstić information content (AvgIpc) is 2.76. The second kappa shape index (κ2) is 7.77. The van der Waals surface area contributed by atoms with E-state index in [-0.39, 0.29) is 17.4 Å². The number of hydrogen-bond donors (Lipinski definition) is 2. The predicted octanol–water partition coefficient (Wildman–Crippen LogP) is 2.63. The Morgan fingerprint density at radius 2 is 2.05 bits per heavy atom. The van der Waals surface area contributed by atoms with Gasteiger partial charge in [-0.15, -0.1) is 0 Å². The summed E-state index contributed by atoms with van der Waals surface area (Å²) >= 11 is 0. The van der Waals surface area contributed by atoms with Gasteiger partial charge in [-0.05, 0) is 31.1 Å². The topological polar surface area (TPSA) is 67.2 Å². The first-order chi connectivity index (χ1) is 10.2. The minimum absolute atomic E-state index is 0.0782. The van der Waals surface area contributed by atoms with Gasteiger partial charge in [0.1, 0.15) is 0 Å². The second-order valence-corrected chi connectivity index (χ2v) is 7.33. The van der Waals surface area contributed by atoms with E-state index >= 15 is 0 Å². The fourth-order valence-corrected chi connectivity index (χ4v) is 2.76. The van der Waals surface area contributed by atoms with Gasteiger partial charge in [-0.1, -0.05) is 34.6 Å².